The van der Waals surface area contributed by atoms with Gasteiger partial charge in [-0.05, 0) is 66.6 Å². The highest BCUT2D eigenvalue weighted by molar-refractivity contribution is 5.97. The van der Waals surface area contributed by atoms with Crippen LogP contribution in [0.25, 0.3) is 6.08 Å². The lowest BCUT2D eigenvalue weighted by Gasteiger charge is -2.34. The van der Waals surface area contributed by atoms with Crippen LogP contribution in [0.3, 0.4) is 0 Å². The third kappa shape index (κ3) is 6.11. The summed E-state index contributed by atoms with van der Waals surface area (Å²) in [5, 5.41) is 19.5. The van der Waals surface area contributed by atoms with Gasteiger partial charge in [0.25, 0.3) is 5.91 Å². The predicted molar refractivity (Wildman–Crippen MR) is 135 cm³/mol. The van der Waals surface area contributed by atoms with Gasteiger partial charge in [0.15, 0.2) is 5.60 Å². The Hall–Kier alpha value is -2.92. The lowest BCUT2D eigenvalue weighted by atomic mass is 9.69. The quantitative estimate of drug-likeness (QED) is 0.490. The standard InChI is InChI=1S/C28H37NO4/c1-7-27(6,33)15-14-21-10-11-22(16-19(21)4)28(8-2,9-3)23-12-13-24(20(5)17-23)26(32)29-18-25(30)31/h10-17,33H,7-9,18H2,1-6H3,(H,29,32)(H,30,31)/p+1/b15-14+. The van der Waals surface area contributed by atoms with Crippen LogP contribution in [-0.2, 0) is 10.2 Å². The second-order valence-electron chi connectivity index (χ2n) is 9.07. The summed E-state index contributed by atoms with van der Waals surface area (Å²) in [7, 11) is 0. The molecule has 1 unspecified atom stereocenters. The summed E-state index contributed by atoms with van der Waals surface area (Å²) in [5.41, 5.74) is 5.22. The number of carboxylic acid groups (broad SMARTS) is 1. The molecule has 178 valence electrons. The zero-order chi connectivity index (χ0) is 24.8. The molecule has 4 N–H and O–H groups in total. The van der Waals surface area contributed by atoms with Crippen molar-refractivity contribution in [2.75, 3.05) is 6.54 Å². The van der Waals surface area contributed by atoms with Crippen LogP contribution in [0.1, 0.15) is 85.1 Å². The van der Waals surface area contributed by atoms with Gasteiger partial charge in [0.05, 0.1) is 0 Å². The van der Waals surface area contributed by atoms with Crippen molar-refractivity contribution in [1.82, 2.24) is 5.32 Å². The van der Waals surface area contributed by atoms with Gasteiger partial charge in [0.1, 0.15) is 6.54 Å². The summed E-state index contributed by atoms with van der Waals surface area (Å²) in [4.78, 5) is 23.2. The molecule has 0 heterocycles. The first kappa shape index (κ1) is 26.3. The molecule has 0 saturated carbocycles. The number of rotatable bonds is 10. The Labute approximate surface area is 197 Å². The highest BCUT2D eigenvalue weighted by atomic mass is 16.4. The molecule has 2 rings (SSSR count). The van der Waals surface area contributed by atoms with E-state index in [1.807, 2.05) is 39.0 Å². The van der Waals surface area contributed by atoms with E-state index in [4.69, 9.17) is 10.2 Å². The molecule has 0 fully saturated rings. The number of nitrogens with one attached hydrogen (secondary N) is 1. The number of benzene rings is 2. The number of hydrogen-bond donors (Lipinski definition) is 2. The fourth-order valence-electron chi connectivity index (χ4n) is 4.25. The average molecular weight is 453 g/mol. The summed E-state index contributed by atoms with van der Waals surface area (Å²) < 4.78 is 0. The zero-order valence-corrected chi connectivity index (χ0v) is 20.7. The molecule has 0 aliphatic carbocycles. The van der Waals surface area contributed by atoms with Crippen LogP contribution in [0.15, 0.2) is 42.5 Å². The lowest BCUT2D eigenvalue weighted by molar-refractivity contribution is -0.135. The van der Waals surface area contributed by atoms with Crippen LogP contribution in [0.4, 0.5) is 0 Å². The number of carboxylic acids is 1. The molecule has 1 amide bonds. The van der Waals surface area contributed by atoms with Gasteiger partial charge in [-0.1, -0.05) is 57.2 Å². The van der Waals surface area contributed by atoms with Crippen molar-refractivity contribution in [3.63, 3.8) is 0 Å². The maximum Gasteiger partial charge on any atom is 0.322 e. The first-order valence-corrected chi connectivity index (χ1v) is 11.7. The molecule has 0 aliphatic rings. The van der Waals surface area contributed by atoms with Gasteiger partial charge >= 0.3 is 5.97 Å². The van der Waals surface area contributed by atoms with Gasteiger partial charge in [0, 0.05) is 24.3 Å². The molecule has 1 atom stereocenters. The number of carbonyl (C=O) groups is 2. The Morgan fingerprint density at radius 3 is 2.03 bits per heavy atom. The highest BCUT2D eigenvalue weighted by Gasteiger charge is 2.31. The minimum absolute atomic E-state index is 0.193. The maximum absolute atomic E-state index is 12.4. The summed E-state index contributed by atoms with van der Waals surface area (Å²) in [5.74, 6) is -1.44. The Bertz CT molecular complexity index is 1030. The topological polar surface area (TPSA) is 89.3 Å². The first-order chi connectivity index (χ1) is 15.5. The largest absolute Gasteiger partial charge is 0.480 e. The fourth-order valence-corrected chi connectivity index (χ4v) is 4.25. The van der Waals surface area contributed by atoms with E-state index >= 15 is 0 Å². The van der Waals surface area contributed by atoms with E-state index in [2.05, 4.69) is 50.4 Å². The average Bonchev–Trinajstić information content (AvgIpc) is 2.78. The van der Waals surface area contributed by atoms with Gasteiger partial charge in [0.2, 0.25) is 0 Å². The van der Waals surface area contributed by atoms with Crippen LogP contribution in [0, 0.1) is 13.8 Å². The maximum atomic E-state index is 12.4. The van der Waals surface area contributed by atoms with E-state index in [1.165, 1.54) is 11.1 Å². The van der Waals surface area contributed by atoms with Gasteiger partial charge in [-0.2, -0.15) is 0 Å². The van der Waals surface area contributed by atoms with E-state index < -0.39 is 18.1 Å². The molecule has 33 heavy (non-hydrogen) atoms. The van der Waals surface area contributed by atoms with Gasteiger partial charge in [-0.25, -0.2) is 0 Å². The molecule has 2 aromatic carbocycles. The minimum Gasteiger partial charge on any atom is -0.480 e. The van der Waals surface area contributed by atoms with Gasteiger partial charge in [-0.15, -0.1) is 0 Å². The van der Waals surface area contributed by atoms with Crippen molar-refractivity contribution in [1.29, 1.82) is 0 Å². The molecule has 0 radical (unpaired) electrons. The Morgan fingerprint density at radius 2 is 1.55 bits per heavy atom. The molecule has 5 heteroatoms. The second-order valence-corrected chi connectivity index (χ2v) is 9.07. The molecule has 0 aromatic heterocycles. The molecular weight excluding hydrogens is 414 g/mol. The molecule has 0 bridgehead atoms. The second kappa shape index (κ2) is 10.8. The fraction of sp³-hybridized carbons (Fsp3) is 0.429. The number of aryl methyl sites for hydroxylation is 2. The van der Waals surface area contributed by atoms with Crippen molar-refractivity contribution < 1.29 is 19.8 Å². The Kier molecular flexibility index (Phi) is 8.62. The van der Waals surface area contributed by atoms with Gasteiger partial charge in [-0.3, -0.25) is 9.59 Å². The van der Waals surface area contributed by atoms with Gasteiger partial charge < -0.3 is 15.5 Å². The summed E-state index contributed by atoms with van der Waals surface area (Å²) in [6.07, 6.45) is 6.58. The van der Waals surface area contributed by atoms with Crippen LogP contribution < -0.4 is 5.32 Å². The van der Waals surface area contributed by atoms with Crippen molar-refractivity contribution in [2.45, 2.75) is 71.8 Å². The van der Waals surface area contributed by atoms with Crippen molar-refractivity contribution in [3.8, 4) is 0 Å². The van der Waals surface area contributed by atoms with Crippen molar-refractivity contribution in [2.24, 2.45) is 0 Å². The third-order valence-corrected chi connectivity index (χ3v) is 6.82. The van der Waals surface area contributed by atoms with Crippen LogP contribution >= 0.6 is 0 Å². The van der Waals surface area contributed by atoms with E-state index in [0.29, 0.717) is 5.56 Å². The molecule has 5 nitrogen and oxygen atoms in total. The summed E-state index contributed by atoms with van der Waals surface area (Å²) >= 11 is 0. The monoisotopic (exact) mass is 452 g/mol. The van der Waals surface area contributed by atoms with Crippen LogP contribution in [0.2, 0.25) is 0 Å². The summed E-state index contributed by atoms with van der Waals surface area (Å²) in [6, 6.07) is 12.4. The number of carbonyl (C=O) groups excluding carboxylic acids is 1. The lowest BCUT2D eigenvalue weighted by Crippen LogP contribution is -2.30. The van der Waals surface area contributed by atoms with E-state index in [0.717, 1.165) is 36.0 Å². The molecule has 0 saturated heterocycles. The number of aliphatic carboxylic acids is 1. The molecule has 0 spiro atoms. The Balaban J connectivity index is 2.44. The molecular formula is C28H38NO4+. The predicted octanol–water partition coefficient (Wildman–Crippen LogP) is 5.13. The highest BCUT2D eigenvalue weighted by Crippen LogP contribution is 2.40. The molecule has 0 aliphatic heterocycles. The first-order valence-electron chi connectivity index (χ1n) is 11.7. The minimum atomic E-state index is -1.07. The normalized spacial score (nSPS) is 13.7. The van der Waals surface area contributed by atoms with Crippen LogP contribution in [0.5, 0.6) is 0 Å². The number of amides is 1. The van der Waals surface area contributed by atoms with Crippen molar-refractivity contribution >= 4 is 18.0 Å². The third-order valence-electron chi connectivity index (χ3n) is 6.82. The van der Waals surface area contributed by atoms with E-state index in [1.54, 1.807) is 6.07 Å². The SMILES string of the molecule is CCC(C)([OH2+])/C=C/c1ccc(C(CC)(CC)c2ccc(C(=O)NCC(=O)O)c(C)c2)cc1C. The number of hydrogen-bond acceptors (Lipinski definition) is 2. The molecule has 2 aromatic rings. The van der Waals surface area contributed by atoms with E-state index in [-0.39, 0.29) is 11.3 Å². The summed E-state index contributed by atoms with van der Waals surface area (Å²) in [6.45, 7) is 11.9. The van der Waals surface area contributed by atoms with Crippen molar-refractivity contribution in [3.05, 3.63) is 75.9 Å². The van der Waals surface area contributed by atoms with E-state index in [9.17, 15) is 9.59 Å². The van der Waals surface area contributed by atoms with Crippen LogP contribution in [-0.4, -0.2) is 34.2 Å². The smallest absolute Gasteiger partial charge is 0.322 e. The Morgan fingerprint density at radius 1 is 0.970 bits per heavy atom. The zero-order valence-electron chi connectivity index (χ0n) is 20.7.